The van der Waals surface area contributed by atoms with E-state index in [1.165, 1.54) is 0 Å². The molecule has 1 aromatic heterocycles. The van der Waals surface area contributed by atoms with Gasteiger partial charge >= 0.3 is 0 Å². The third-order valence-corrected chi connectivity index (χ3v) is 5.35. The number of ether oxygens (including phenoxy) is 1. The number of hydrogen-bond donors (Lipinski definition) is 1. The van der Waals surface area contributed by atoms with E-state index in [9.17, 15) is 8.42 Å². The van der Waals surface area contributed by atoms with Gasteiger partial charge in [0.25, 0.3) is 0 Å². The molecule has 2 aliphatic rings. The van der Waals surface area contributed by atoms with Crippen molar-refractivity contribution in [1.82, 2.24) is 9.78 Å². The Balaban J connectivity index is 1.84. The van der Waals surface area contributed by atoms with Crippen LogP contribution in [0.4, 0.5) is 5.82 Å². The molecule has 6 nitrogen and oxygen atoms in total. The average molecular weight is 271 g/mol. The van der Waals surface area contributed by atoms with E-state index in [2.05, 4.69) is 5.10 Å². The molecule has 2 aliphatic heterocycles. The predicted octanol–water partition coefficient (Wildman–Crippen LogP) is 0.676. The summed E-state index contributed by atoms with van der Waals surface area (Å²) in [5.74, 6) is 0.901. The maximum atomic E-state index is 11.5. The zero-order chi connectivity index (χ0) is 12.8. The fraction of sp³-hybridized carbons (Fsp3) is 0.727. The van der Waals surface area contributed by atoms with Gasteiger partial charge in [-0.25, -0.2) is 13.1 Å². The van der Waals surface area contributed by atoms with Crippen LogP contribution in [-0.4, -0.2) is 36.3 Å². The molecule has 3 rings (SSSR count). The van der Waals surface area contributed by atoms with Crippen LogP contribution in [0.5, 0.6) is 0 Å². The summed E-state index contributed by atoms with van der Waals surface area (Å²) in [6.45, 7) is 0.759. The van der Waals surface area contributed by atoms with E-state index in [-0.39, 0.29) is 23.7 Å². The fourth-order valence-corrected chi connectivity index (χ4v) is 4.35. The highest BCUT2D eigenvalue weighted by atomic mass is 32.2. The van der Waals surface area contributed by atoms with Crippen molar-refractivity contribution in [3.8, 4) is 0 Å². The van der Waals surface area contributed by atoms with Crippen LogP contribution in [0.1, 0.15) is 37.1 Å². The first kappa shape index (κ1) is 12.0. The standard InChI is InChI=1S/C11H17N3O3S/c12-11-6-9(10-2-1-4-17-10)13-14(11)8-3-5-18(15,16)7-8/h6,8,10H,1-5,7,12H2. The maximum Gasteiger partial charge on any atom is 0.152 e. The number of anilines is 1. The van der Waals surface area contributed by atoms with Gasteiger partial charge in [-0.1, -0.05) is 0 Å². The van der Waals surface area contributed by atoms with Crippen molar-refractivity contribution in [2.75, 3.05) is 23.8 Å². The predicted molar refractivity (Wildman–Crippen MR) is 66.9 cm³/mol. The van der Waals surface area contributed by atoms with Gasteiger partial charge in [-0.15, -0.1) is 0 Å². The Bertz CT molecular complexity index is 546. The zero-order valence-electron chi connectivity index (χ0n) is 10.1. The molecule has 2 saturated heterocycles. The summed E-state index contributed by atoms with van der Waals surface area (Å²) in [4.78, 5) is 0. The molecule has 2 unspecified atom stereocenters. The van der Waals surface area contributed by atoms with Crippen LogP contribution in [0.25, 0.3) is 0 Å². The van der Waals surface area contributed by atoms with Crippen LogP contribution in [-0.2, 0) is 14.6 Å². The van der Waals surface area contributed by atoms with Crippen molar-refractivity contribution in [1.29, 1.82) is 0 Å². The summed E-state index contributed by atoms with van der Waals surface area (Å²) in [5.41, 5.74) is 6.76. The van der Waals surface area contributed by atoms with Crippen LogP contribution in [0.15, 0.2) is 6.07 Å². The molecule has 1 aromatic rings. The topological polar surface area (TPSA) is 87.2 Å². The molecule has 100 valence electrons. The van der Waals surface area contributed by atoms with E-state index in [0.717, 1.165) is 25.1 Å². The van der Waals surface area contributed by atoms with Gasteiger partial charge in [-0.05, 0) is 19.3 Å². The summed E-state index contributed by atoms with van der Waals surface area (Å²) in [5, 5.41) is 4.44. The first-order valence-corrected chi connectivity index (χ1v) is 8.04. The largest absolute Gasteiger partial charge is 0.384 e. The van der Waals surface area contributed by atoms with Crippen molar-refractivity contribution in [2.45, 2.75) is 31.4 Å². The molecule has 0 radical (unpaired) electrons. The Morgan fingerprint density at radius 1 is 1.44 bits per heavy atom. The molecule has 2 atom stereocenters. The first-order valence-electron chi connectivity index (χ1n) is 6.22. The van der Waals surface area contributed by atoms with E-state index in [4.69, 9.17) is 10.5 Å². The smallest absolute Gasteiger partial charge is 0.152 e. The summed E-state index contributed by atoms with van der Waals surface area (Å²) < 4.78 is 30.2. The van der Waals surface area contributed by atoms with Gasteiger partial charge in [0.2, 0.25) is 0 Å². The highest BCUT2D eigenvalue weighted by Gasteiger charge is 2.32. The van der Waals surface area contributed by atoms with Crippen LogP contribution < -0.4 is 5.73 Å². The second kappa shape index (κ2) is 4.24. The molecule has 2 fully saturated rings. The summed E-state index contributed by atoms with van der Waals surface area (Å²) in [6, 6.07) is 1.69. The van der Waals surface area contributed by atoms with Crippen LogP contribution >= 0.6 is 0 Å². The SMILES string of the molecule is Nc1cc(C2CCCO2)nn1C1CCS(=O)(=O)C1. The second-order valence-electron chi connectivity index (χ2n) is 5.00. The van der Waals surface area contributed by atoms with Crippen molar-refractivity contribution < 1.29 is 13.2 Å². The fourth-order valence-electron chi connectivity index (χ4n) is 2.66. The molecule has 2 N–H and O–H groups in total. The minimum absolute atomic E-state index is 0.0200. The lowest BCUT2D eigenvalue weighted by molar-refractivity contribution is 0.108. The van der Waals surface area contributed by atoms with E-state index in [1.807, 2.05) is 0 Å². The molecule has 18 heavy (non-hydrogen) atoms. The lowest BCUT2D eigenvalue weighted by Crippen LogP contribution is -2.15. The molecule has 0 amide bonds. The molecular formula is C11H17N3O3S. The second-order valence-corrected chi connectivity index (χ2v) is 7.23. The molecule has 0 saturated carbocycles. The van der Waals surface area contributed by atoms with Crippen LogP contribution in [0.2, 0.25) is 0 Å². The molecule has 0 spiro atoms. The Kier molecular flexibility index (Phi) is 2.82. The molecule has 0 bridgehead atoms. The van der Waals surface area contributed by atoms with Crippen LogP contribution in [0, 0.1) is 0 Å². The van der Waals surface area contributed by atoms with Gasteiger partial charge in [0.15, 0.2) is 9.84 Å². The molecule has 0 aliphatic carbocycles. The van der Waals surface area contributed by atoms with Crippen molar-refractivity contribution in [3.63, 3.8) is 0 Å². The first-order chi connectivity index (χ1) is 8.55. The van der Waals surface area contributed by atoms with Crippen molar-refractivity contribution in [3.05, 3.63) is 11.8 Å². The molecular weight excluding hydrogens is 254 g/mol. The summed E-state index contributed by atoms with van der Waals surface area (Å²) in [7, 11) is -2.92. The minimum Gasteiger partial charge on any atom is -0.384 e. The van der Waals surface area contributed by atoms with Crippen LogP contribution in [0.3, 0.4) is 0 Å². The van der Waals surface area contributed by atoms with Gasteiger partial charge in [-0.3, -0.25) is 0 Å². The van der Waals surface area contributed by atoms with Crippen molar-refractivity contribution >= 4 is 15.7 Å². The number of hydrogen-bond acceptors (Lipinski definition) is 5. The Morgan fingerprint density at radius 2 is 2.28 bits per heavy atom. The zero-order valence-corrected chi connectivity index (χ0v) is 10.9. The third-order valence-electron chi connectivity index (χ3n) is 3.60. The summed E-state index contributed by atoms with van der Waals surface area (Å²) in [6.07, 6.45) is 2.61. The van der Waals surface area contributed by atoms with E-state index < -0.39 is 9.84 Å². The Labute approximate surface area is 106 Å². The van der Waals surface area contributed by atoms with E-state index >= 15 is 0 Å². The lowest BCUT2D eigenvalue weighted by atomic mass is 10.2. The van der Waals surface area contributed by atoms with E-state index in [1.54, 1.807) is 10.7 Å². The molecule has 0 aromatic carbocycles. The Morgan fingerprint density at radius 3 is 2.89 bits per heavy atom. The quantitative estimate of drug-likeness (QED) is 0.854. The van der Waals surface area contributed by atoms with Gasteiger partial charge < -0.3 is 10.5 Å². The maximum absolute atomic E-state index is 11.5. The number of nitrogens with zero attached hydrogens (tertiary/aromatic N) is 2. The number of nitrogens with two attached hydrogens (primary N) is 1. The number of rotatable bonds is 2. The normalized spacial score (nSPS) is 30.9. The number of nitrogen functional groups attached to an aromatic ring is 1. The lowest BCUT2D eigenvalue weighted by Gasteiger charge is -2.10. The third kappa shape index (κ3) is 2.12. The highest BCUT2D eigenvalue weighted by Crippen LogP contribution is 2.31. The van der Waals surface area contributed by atoms with E-state index in [0.29, 0.717) is 12.2 Å². The molecule has 3 heterocycles. The Hall–Kier alpha value is -1.08. The number of aromatic nitrogens is 2. The van der Waals surface area contributed by atoms with Gasteiger partial charge in [0.05, 0.1) is 23.2 Å². The van der Waals surface area contributed by atoms with Gasteiger partial charge in [0, 0.05) is 12.7 Å². The van der Waals surface area contributed by atoms with Crippen molar-refractivity contribution in [2.24, 2.45) is 0 Å². The number of sulfone groups is 1. The highest BCUT2D eigenvalue weighted by molar-refractivity contribution is 7.91. The van der Waals surface area contributed by atoms with Gasteiger partial charge in [-0.2, -0.15) is 5.10 Å². The molecule has 7 heteroatoms. The summed E-state index contributed by atoms with van der Waals surface area (Å²) >= 11 is 0. The minimum atomic E-state index is -2.92. The average Bonchev–Trinajstić information content (AvgIpc) is 2.97. The monoisotopic (exact) mass is 271 g/mol. The van der Waals surface area contributed by atoms with Gasteiger partial charge in [0.1, 0.15) is 11.9 Å².